The molecule has 0 radical (unpaired) electrons. The van der Waals surface area contributed by atoms with Gasteiger partial charge in [0.05, 0.1) is 13.2 Å². The largest absolute Gasteiger partial charge is 0.464 e. The van der Waals surface area contributed by atoms with Gasteiger partial charge in [-0.1, -0.05) is 0 Å². The third kappa shape index (κ3) is 4.24. The van der Waals surface area contributed by atoms with Crippen LogP contribution in [0.3, 0.4) is 0 Å². The lowest BCUT2D eigenvalue weighted by Gasteiger charge is -2.51. The Hall–Kier alpha value is -1.22. The van der Waals surface area contributed by atoms with E-state index in [9.17, 15) is 9.59 Å². The molecule has 1 aliphatic rings. The Balaban J connectivity index is 3.21. The second-order valence-corrected chi connectivity index (χ2v) is 5.34. The average Bonchev–Trinajstić information content (AvgIpc) is 2.51. The van der Waals surface area contributed by atoms with Crippen molar-refractivity contribution in [3.63, 3.8) is 0 Å². The third-order valence-electron chi connectivity index (χ3n) is 3.68. The minimum absolute atomic E-state index is 0.141. The fourth-order valence-electron chi connectivity index (χ4n) is 2.50. The molecule has 0 unspecified atom stereocenters. The standard InChI is InChI=1S/C16H28O8/c1-7-19-13(17)11-12(14(18)20-8-2)24-16(6,22-10-4)15(5,23-11)21-9-3/h11-12H,7-10H2,1-6H3/t11-,12-,15-,16-/m1/s1. The fourth-order valence-corrected chi connectivity index (χ4v) is 2.50. The van der Waals surface area contributed by atoms with E-state index >= 15 is 0 Å². The Morgan fingerprint density at radius 2 is 1.08 bits per heavy atom. The van der Waals surface area contributed by atoms with Crippen LogP contribution in [-0.4, -0.2) is 62.1 Å². The number of carbonyl (C=O) groups is 2. The number of ether oxygens (including phenoxy) is 6. The number of hydrogen-bond acceptors (Lipinski definition) is 8. The topological polar surface area (TPSA) is 89.5 Å². The first-order valence-electron chi connectivity index (χ1n) is 8.25. The van der Waals surface area contributed by atoms with Crippen LogP contribution in [0.2, 0.25) is 0 Å². The fraction of sp³-hybridized carbons (Fsp3) is 0.875. The maximum atomic E-state index is 12.2. The molecule has 0 aromatic rings. The molecule has 1 fully saturated rings. The Bertz CT molecular complexity index is 400. The van der Waals surface area contributed by atoms with Gasteiger partial charge in [-0.25, -0.2) is 9.59 Å². The van der Waals surface area contributed by atoms with Gasteiger partial charge in [-0.05, 0) is 41.5 Å². The van der Waals surface area contributed by atoms with Crippen molar-refractivity contribution in [2.24, 2.45) is 0 Å². The normalized spacial score (nSPS) is 33.1. The van der Waals surface area contributed by atoms with Crippen LogP contribution in [0.25, 0.3) is 0 Å². The summed E-state index contributed by atoms with van der Waals surface area (Å²) in [4.78, 5) is 24.5. The lowest BCUT2D eigenvalue weighted by Crippen LogP contribution is -2.68. The predicted molar refractivity (Wildman–Crippen MR) is 83.1 cm³/mol. The van der Waals surface area contributed by atoms with Crippen molar-refractivity contribution in [1.82, 2.24) is 0 Å². The number of esters is 2. The molecule has 0 N–H and O–H groups in total. The summed E-state index contributed by atoms with van der Waals surface area (Å²) in [5, 5.41) is 0. The number of carbonyl (C=O) groups excluding carboxylic acids is 2. The highest BCUT2D eigenvalue weighted by Gasteiger charge is 2.61. The van der Waals surface area contributed by atoms with Gasteiger partial charge in [-0.3, -0.25) is 0 Å². The van der Waals surface area contributed by atoms with E-state index < -0.39 is 35.7 Å². The second kappa shape index (κ2) is 8.75. The van der Waals surface area contributed by atoms with E-state index in [2.05, 4.69) is 0 Å². The van der Waals surface area contributed by atoms with Crippen LogP contribution in [0, 0.1) is 0 Å². The van der Waals surface area contributed by atoms with Crippen molar-refractivity contribution in [3.8, 4) is 0 Å². The molecule has 1 saturated heterocycles. The molecule has 0 saturated carbocycles. The van der Waals surface area contributed by atoms with Gasteiger partial charge in [0.15, 0.2) is 12.2 Å². The lowest BCUT2D eigenvalue weighted by atomic mass is 10.0. The van der Waals surface area contributed by atoms with Gasteiger partial charge in [-0.2, -0.15) is 0 Å². The molecule has 140 valence electrons. The zero-order valence-electron chi connectivity index (χ0n) is 15.2. The molecule has 24 heavy (non-hydrogen) atoms. The van der Waals surface area contributed by atoms with E-state index in [0.29, 0.717) is 13.2 Å². The SMILES string of the molecule is CCOC(=O)[C@@H]1O[C@@](C)(OCC)[C@](C)(OCC)O[C@H]1C(=O)OCC. The molecule has 0 aliphatic carbocycles. The average molecular weight is 348 g/mol. The lowest BCUT2D eigenvalue weighted by molar-refractivity contribution is -0.447. The molecule has 1 heterocycles. The van der Waals surface area contributed by atoms with Crippen molar-refractivity contribution >= 4 is 11.9 Å². The first-order chi connectivity index (χ1) is 11.3. The van der Waals surface area contributed by atoms with Crippen molar-refractivity contribution < 1.29 is 38.0 Å². The summed E-state index contributed by atoms with van der Waals surface area (Å²) < 4.78 is 32.9. The molecule has 0 aromatic heterocycles. The smallest absolute Gasteiger partial charge is 0.338 e. The molecule has 0 spiro atoms. The van der Waals surface area contributed by atoms with Gasteiger partial charge >= 0.3 is 11.9 Å². The van der Waals surface area contributed by atoms with Crippen LogP contribution in [0.1, 0.15) is 41.5 Å². The maximum absolute atomic E-state index is 12.2. The molecule has 0 bridgehead atoms. The first kappa shape index (κ1) is 20.8. The molecular weight excluding hydrogens is 320 g/mol. The molecule has 8 nitrogen and oxygen atoms in total. The van der Waals surface area contributed by atoms with Crippen LogP contribution < -0.4 is 0 Å². The summed E-state index contributed by atoms with van der Waals surface area (Å²) in [5.74, 6) is -4.25. The summed E-state index contributed by atoms with van der Waals surface area (Å²) in [5.41, 5.74) is 0. The van der Waals surface area contributed by atoms with Gasteiger partial charge in [0.2, 0.25) is 11.6 Å². The monoisotopic (exact) mass is 348 g/mol. The summed E-state index contributed by atoms with van der Waals surface area (Å²) in [6, 6.07) is 0. The Kier molecular flexibility index (Phi) is 7.59. The van der Waals surface area contributed by atoms with E-state index in [1.807, 2.05) is 0 Å². The minimum atomic E-state index is -1.40. The van der Waals surface area contributed by atoms with Crippen molar-refractivity contribution in [2.45, 2.75) is 65.3 Å². The highest BCUT2D eigenvalue weighted by molar-refractivity contribution is 5.86. The first-order valence-corrected chi connectivity index (χ1v) is 8.25. The molecule has 8 heteroatoms. The van der Waals surface area contributed by atoms with Crippen LogP contribution in [0.4, 0.5) is 0 Å². The number of rotatable bonds is 8. The van der Waals surface area contributed by atoms with Crippen molar-refractivity contribution in [1.29, 1.82) is 0 Å². The van der Waals surface area contributed by atoms with Gasteiger partial charge < -0.3 is 28.4 Å². The van der Waals surface area contributed by atoms with Crippen LogP contribution in [0.15, 0.2) is 0 Å². The van der Waals surface area contributed by atoms with E-state index in [-0.39, 0.29) is 13.2 Å². The van der Waals surface area contributed by atoms with E-state index in [1.54, 1.807) is 41.5 Å². The predicted octanol–water partition coefficient (Wildman–Crippen LogP) is 1.40. The highest BCUT2D eigenvalue weighted by Crippen LogP contribution is 2.40. The summed E-state index contributed by atoms with van der Waals surface area (Å²) in [7, 11) is 0. The van der Waals surface area contributed by atoms with Crippen LogP contribution in [-0.2, 0) is 38.0 Å². The number of hydrogen-bond donors (Lipinski definition) is 0. The molecular formula is C16H28O8. The highest BCUT2D eigenvalue weighted by atomic mass is 16.8. The Labute approximate surface area is 142 Å². The summed E-state index contributed by atoms with van der Waals surface area (Å²) >= 11 is 0. The third-order valence-corrected chi connectivity index (χ3v) is 3.68. The van der Waals surface area contributed by atoms with Gasteiger partial charge in [0, 0.05) is 13.2 Å². The van der Waals surface area contributed by atoms with Crippen LogP contribution >= 0.6 is 0 Å². The zero-order valence-corrected chi connectivity index (χ0v) is 15.2. The minimum Gasteiger partial charge on any atom is -0.464 e. The summed E-state index contributed by atoms with van der Waals surface area (Å²) in [6.45, 7) is 10.9. The van der Waals surface area contributed by atoms with Crippen molar-refractivity contribution in [2.75, 3.05) is 26.4 Å². The van der Waals surface area contributed by atoms with E-state index in [4.69, 9.17) is 28.4 Å². The van der Waals surface area contributed by atoms with Gasteiger partial charge in [0.1, 0.15) is 0 Å². The Morgan fingerprint density at radius 1 is 0.750 bits per heavy atom. The molecule has 4 atom stereocenters. The zero-order chi connectivity index (χ0) is 18.4. The van der Waals surface area contributed by atoms with Gasteiger partial charge in [-0.15, -0.1) is 0 Å². The van der Waals surface area contributed by atoms with Crippen LogP contribution in [0.5, 0.6) is 0 Å². The molecule has 1 rings (SSSR count). The van der Waals surface area contributed by atoms with Gasteiger partial charge in [0.25, 0.3) is 0 Å². The molecule has 0 aromatic carbocycles. The van der Waals surface area contributed by atoms with E-state index in [0.717, 1.165) is 0 Å². The summed E-state index contributed by atoms with van der Waals surface area (Å²) in [6.07, 6.45) is -2.62. The van der Waals surface area contributed by atoms with Crippen molar-refractivity contribution in [3.05, 3.63) is 0 Å². The maximum Gasteiger partial charge on any atom is 0.338 e. The molecule has 0 amide bonds. The van der Waals surface area contributed by atoms with E-state index in [1.165, 1.54) is 0 Å². The molecule has 1 aliphatic heterocycles. The second-order valence-electron chi connectivity index (χ2n) is 5.34. The Morgan fingerprint density at radius 3 is 1.33 bits per heavy atom. The quantitative estimate of drug-likeness (QED) is 0.608.